The van der Waals surface area contributed by atoms with E-state index in [1.54, 1.807) is 11.3 Å². The van der Waals surface area contributed by atoms with E-state index in [-0.39, 0.29) is 11.5 Å². The quantitative estimate of drug-likeness (QED) is 0.535. The zero-order chi connectivity index (χ0) is 12.8. The van der Waals surface area contributed by atoms with E-state index in [0.29, 0.717) is 6.54 Å². The van der Waals surface area contributed by atoms with E-state index in [4.69, 9.17) is 5.73 Å². The molecule has 1 aromatic rings. The lowest BCUT2D eigenvalue weighted by Crippen LogP contribution is -2.42. The number of carbonyl (C=O) groups is 2. The molecule has 1 heterocycles. The lowest BCUT2D eigenvalue weighted by atomic mass is 10.4. The van der Waals surface area contributed by atoms with E-state index in [1.165, 1.54) is 0 Å². The average molecular weight is 271 g/mol. The minimum atomic E-state index is -0.730. The normalized spacial score (nSPS) is 9.71. The number of rotatable bonds is 4. The molecule has 0 atom stereocenters. The van der Waals surface area contributed by atoms with Gasteiger partial charge in [-0.3, -0.25) is 9.59 Å². The highest BCUT2D eigenvalue weighted by molar-refractivity contribution is 7.80. The van der Waals surface area contributed by atoms with E-state index in [9.17, 15) is 9.59 Å². The number of thiophene rings is 1. The number of nitrogens with one attached hydrogen (secondary N) is 2. The molecule has 2 amide bonds. The van der Waals surface area contributed by atoms with Crippen molar-refractivity contribution in [2.24, 2.45) is 5.73 Å². The number of carbonyl (C=O) groups excluding carboxylic acids is 2. The Labute approximate surface area is 108 Å². The van der Waals surface area contributed by atoms with Gasteiger partial charge in [0.2, 0.25) is 0 Å². The number of thiocarbonyl (C=S) groups is 1. The Morgan fingerprint density at radius 3 is 2.53 bits per heavy atom. The lowest BCUT2D eigenvalue weighted by molar-refractivity contribution is -0.139. The van der Waals surface area contributed by atoms with Crippen LogP contribution in [0.5, 0.6) is 0 Å². The maximum absolute atomic E-state index is 11.3. The molecule has 0 saturated carbocycles. The van der Waals surface area contributed by atoms with Crippen molar-refractivity contribution in [1.82, 2.24) is 10.6 Å². The first-order valence-electron chi connectivity index (χ1n) is 4.88. The molecule has 0 aromatic carbocycles. The summed E-state index contributed by atoms with van der Waals surface area (Å²) in [6, 6.07) is 3.87. The molecule has 0 aliphatic carbocycles. The maximum atomic E-state index is 11.3. The van der Waals surface area contributed by atoms with Crippen LogP contribution in [0.2, 0.25) is 0 Å². The Morgan fingerprint density at radius 1 is 1.35 bits per heavy atom. The molecule has 0 bridgehead atoms. The minimum Gasteiger partial charge on any atom is -0.392 e. The van der Waals surface area contributed by atoms with Gasteiger partial charge in [-0.1, -0.05) is 12.2 Å². The van der Waals surface area contributed by atoms with Crippen LogP contribution in [0.25, 0.3) is 0 Å². The van der Waals surface area contributed by atoms with Crippen LogP contribution in [-0.2, 0) is 16.1 Å². The van der Waals surface area contributed by atoms with Crippen LogP contribution in [0, 0.1) is 6.92 Å². The first kappa shape index (κ1) is 13.6. The van der Waals surface area contributed by atoms with Crippen molar-refractivity contribution in [3.8, 4) is 0 Å². The summed E-state index contributed by atoms with van der Waals surface area (Å²) in [5.74, 6) is -1.42. The third-order valence-electron chi connectivity index (χ3n) is 1.85. The lowest BCUT2D eigenvalue weighted by Gasteiger charge is -2.04. The number of nitrogens with two attached hydrogens (primary N) is 1. The smallest absolute Gasteiger partial charge is 0.309 e. The monoisotopic (exact) mass is 271 g/mol. The summed E-state index contributed by atoms with van der Waals surface area (Å²) in [5, 5.41) is 4.82. The number of aryl methyl sites for hydroxylation is 1. The standard InChI is InChI=1S/C10H13N3O2S2/c1-6-2-3-7(17-6)4-12-9(14)10(15)13-5-8(11)16/h2-3H,4-5H2,1H3,(H2,11,16)(H,12,14)(H,13,15). The molecule has 0 aliphatic rings. The Bertz CT molecular complexity index is 443. The number of hydrogen-bond donors (Lipinski definition) is 3. The summed E-state index contributed by atoms with van der Waals surface area (Å²) < 4.78 is 0. The van der Waals surface area contributed by atoms with Gasteiger partial charge in [-0.15, -0.1) is 11.3 Å². The van der Waals surface area contributed by atoms with Crippen molar-refractivity contribution in [2.75, 3.05) is 6.54 Å². The molecule has 0 unspecified atom stereocenters. The van der Waals surface area contributed by atoms with E-state index in [1.807, 2.05) is 19.1 Å². The zero-order valence-electron chi connectivity index (χ0n) is 9.28. The van der Waals surface area contributed by atoms with Gasteiger partial charge in [-0.25, -0.2) is 0 Å². The number of amides is 2. The predicted molar refractivity (Wildman–Crippen MR) is 70.7 cm³/mol. The molecule has 7 heteroatoms. The fourth-order valence-corrected chi connectivity index (χ4v) is 1.98. The molecule has 5 nitrogen and oxygen atoms in total. The molecule has 0 fully saturated rings. The van der Waals surface area contributed by atoms with Gasteiger partial charge in [0.1, 0.15) is 0 Å². The molecule has 4 N–H and O–H groups in total. The molecular formula is C10H13N3O2S2. The van der Waals surface area contributed by atoms with Crippen molar-refractivity contribution in [3.63, 3.8) is 0 Å². The fraction of sp³-hybridized carbons (Fsp3) is 0.300. The molecule has 0 saturated heterocycles. The molecule has 1 rings (SSSR count). The summed E-state index contributed by atoms with van der Waals surface area (Å²) in [7, 11) is 0. The second kappa shape index (κ2) is 6.31. The summed E-state index contributed by atoms with van der Waals surface area (Å²) in [4.78, 5) is 24.9. The first-order chi connectivity index (χ1) is 7.99. The average Bonchev–Trinajstić information content (AvgIpc) is 2.68. The van der Waals surface area contributed by atoms with E-state index in [2.05, 4.69) is 22.9 Å². The molecule has 17 heavy (non-hydrogen) atoms. The van der Waals surface area contributed by atoms with Crippen LogP contribution in [0.15, 0.2) is 12.1 Å². The highest BCUT2D eigenvalue weighted by Gasteiger charge is 2.12. The summed E-state index contributed by atoms with van der Waals surface area (Å²) >= 11 is 6.15. The van der Waals surface area contributed by atoms with Crippen LogP contribution in [0.4, 0.5) is 0 Å². The second-order valence-corrected chi connectivity index (χ2v) is 5.24. The molecule has 0 radical (unpaired) electrons. The van der Waals surface area contributed by atoms with Crippen LogP contribution >= 0.6 is 23.6 Å². The van der Waals surface area contributed by atoms with Gasteiger partial charge in [0.15, 0.2) is 0 Å². The highest BCUT2D eigenvalue weighted by Crippen LogP contribution is 2.14. The van der Waals surface area contributed by atoms with Gasteiger partial charge in [-0.2, -0.15) is 0 Å². The van der Waals surface area contributed by atoms with Crippen LogP contribution in [0.1, 0.15) is 9.75 Å². The van der Waals surface area contributed by atoms with Gasteiger partial charge < -0.3 is 16.4 Å². The van der Waals surface area contributed by atoms with Gasteiger partial charge >= 0.3 is 11.8 Å². The first-order valence-corrected chi connectivity index (χ1v) is 6.11. The number of hydrogen-bond acceptors (Lipinski definition) is 4. The third-order valence-corrected chi connectivity index (χ3v) is 2.99. The van der Waals surface area contributed by atoms with Crippen LogP contribution in [-0.4, -0.2) is 23.3 Å². The highest BCUT2D eigenvalue weighted by atomic mass is 32.1. The van der Waals surface area contributed by atoms with Crippen molar-refractivity contribution in [2.45, 2.75) is 13.5 Å². The van der Waals surface area contributed by atoms with Gasteiger partial charge in [0.25, 0.3) is 0 Å². The Hall–Kier alpha value is -1.47. The van der Waals surface area contributed by atoms with Gasteiger partial charge in [0.05, 0.1) is 18.1 Å². The Kier molecular flexibility index (Phi) is 5.05. The Morgan fingerprint density at radius 2 is 2.00 bits per heavy atom. The van der Waals surface area contributed by atoms with Gasteiger partial charge in [-0.05, 0) is 19.1 Å². The van der Waals surface area contributed by atoms with Crippen LogP contribution in [0.3, 0.4) is 0 Å². The molecule has 0 aliphatic heterocycles. The van der Waals surface area contributed by atoms with Crippen LogP contribution < -0.4 is 16.4 Å². The topological polar surface area (TPSA) is 84.2 Å². The van der Waals surface area contributed by atoms with E-state index < -0.39 is 11.8 Å². The summed E-state index contributed by atoms with van der Waals surface area (Å²) in [5.41, 5.74) is 5.20. The van der Waals surface area contributed by atoms with E-state index >= 15 is 0 Å². The maximum Gasteiger partial charge on any atom is 0.309 e. The predicted octanol–water partition coefficient (Wildman–Crippen LogP) is 0.0750. The van der Waals surface area contributed by atoms with E-state index in [0.717, 1.165) is 9.75 Å². The Balaban J connectivity index is 2.34. The third kappa shape index (κ3) is 4.92. The fourth-order valence-electron chi connectivity index (χ4n) is 1.08. The molecule has 1 aromatic heterocycles. The van der Waals surface area contributed by atoms with Crippen molar-refractivity contribution in [1.29, 1.82) is 0 Å². The minimum absolute atomic E-state index is 0.0275. The molecular weight excluding hydrogens is 258 g/mol. The summed E-state index contributed by atoms with van der Waals surface area (Å²) in [6.45, 7) is 2.35. The SMILES string of the molecule is Cc1ccc(CNC(=O)C(=O)NCC(N)=S)s1. The van der Waals surface area contributed by atoms with Gasteiger partial charge in [0, 0.05) is 9.75 Å². The largest absolute Gasteiger partial charge is 0.392 e. The molecule has 92 valence electrons. The molecule has 0 spiro atoms. The van der Waals surface area contributed by atoms with Crippen molar-refractivity contribution >= 4 is 40.4 Å². The van der Waals surface area contributed by atoms with Crippen molar-refractivity contribution < 1.29 is 9.59 Å². The van der Waals surface area contributed by atoms with Crippen molar-refractivity contribution in [3.05, 3.63) is 21.9 Å². The summed E-state index contributed by atoms with van der Waals surface area (Å²) in [6.07, 6.45) is 0. The second-order valence-electron chi connectivity index (χ2n) is 3.34. The zero-order valence-corrected chi connectivity index (χ0v) is 10.9.